The van der Waals surface area contributed by atoms with Crippen LogP contribution in [-0.4, -0.2) is 30.2 Å². The lowest BCUT2D eigenvalue weighted by Gasteiger charge is -2.04. The summed E-state index contributed by atoms with van der Waals surface area (Å²) in [6.07, 6.45) is 1.74. The Morgan fingerprint density at radius 2 is 1.52 bits per heavy atom. The van der Waals surface area contributed by atoms with E-state index in [0.29, 0.717) is 4.91 Å². The monoisotopic (exact) mass is 325 g/mol. The van der Waals surface area contributed by atoms with E-state index in [2.05, 4.69) is 0 Å². The summed E-state index contributed by atoms with van der Waals surface area (Å²) in [5, 5.41) is -0.240. The molecule has 0 saturated carbocycles. The van der Waals surface area contributed by atoms with Gasteiger partial charge in [-0.05, 0) is 46.7 Å². The molecule has 116 valence electrons. The molecule has 0 unspecified atom stereocenters. The van der Waals surface area contributed by atoms with Gasteiger partial charge in [0, 0.05) is 7.05 Å². The fraction of sp³-hybridized carbons (Fsp3) is 0.111. The summed E-state index contributed by atoms with van der Waals surface area (Å²) in [6, 6.07) is 15.7. The van der Waals surface area contributed by atoms with Crippen molar-refractivity contribution in [2.45, 2.75) is 0 Å². The maximum atomic E-state index is 11.9. The molecule has 0 bridgehead atoms. The highest BCUT2D eigenvalue weighted by Gasteiger charge is 2.31. The van der Waals surface area contributed by atoms with E-state index in [0.717, 1.165) is 39.1 Å². The van der Waals surface area contributed by atoms with Crippen molar-refractivity contribution in [3.05, 3.63) is 59.0 Å². The SMILES string of the molecule is COc1ccc(-c2ccc(C=C3SC(=O)N(C)C3=O)cc2)cc1. The Morgan fingerprint density at radius 1 is 0.957 bits per heavy atom. The fourth-order valence-corrected chi connectivity index (χ4v) is 3.08. The Morgan fingerprint density at radius 3 is 2.00 bits per heavy atom. The molecule has 2 aromatic carbocycles. The van der Waals surface area contributed by atoms with E-state index in [1.807, 2.05) is 48.5 Å². The molecule has 1 heterocycles. The lowest BCUT2D eigenvalue weighted by Crippen LogP contribution is -2.22. The van der Waals surface area contributed by atoms with Gasteiger partial charge in [0.05, 0.1) is 12.0 Å². The van der Waals surface area contributed by atoms with E-state index in [-0.39, 0.29) is 11.1 Å². The zero-order valence-electron chi connectivity index (χ0n) is 12.8. The fourth-order valence-electron chi connectivity index (χ4n) is 2.25. The van der Waals surface area contributed by atoms with Crippen LogP contribution < -0.4 is 4.74 Å². The molecule has 3 rings (SSSR count). The molecule has 5 heteroatoms. The number of amides is 2. The van der Waals surface area contributed by atoms with Gasteiger partial charge in [0.1, 0.15) is 5.75 Å². The highest BCUT2D eigenvalue weighted by Crippen LogP contribution is 2.31. The highest BCUT2D eigenvalue weighted by atomic mass is 32.2. The van der Waals surface area contributed by atoms with Crippen molar-refractivity contribution in [3.8, 4) is 16.9 Å². The zero-order valence-corrected chi connectivity index (χ0v) is 13.6. The molecule has 0 radical (unpaired) electrons. The van der Waals surface area contributed by atoms with Crippen molar-refractivity contribution in [2.75, 3.05) is 14.2 Å². The number of methoxy groups -OCH3 is 1. The summed E-state index contributed by atoms with van der Waals surface area (Å²) in [5.41, 5.74) is 3.06. The molecule has 2 aromatic rings. The predicted octanol–water partition coefficient (Wildman–Crippen LogP) is 4.03. The van der Waals surface area contributed by atoms with Crippen molar-refractivity contribution in [2.24, 2.45) is 0 Å². The quantitative estimate of drug-likeness (QED) is 0.799. The summed E-state index contributed by atoms with van der Waals surface area (Å²) in [5.74, 6) is 0.569. The van der Waals surface area contributed by atoms with E-state index >= 15 is 0 Å². The van der Waals surface area contributed by atoms with E-state index in [1.54, 1.807) is 13.2 Å². The smallest absolute Gasteiger partial charge is 0.293 e. The van der Waals surface area contributed by atoms with Crippen LogP contribution in [0.25, 0.3) is 17.2 Å². The number of benzene rings is 2. The molecule has 23 heavy (non-hydrogen) atoms. The van der Waals surface area contributed by atoms with Crippen molar-refractivity contribution in [3.63, 3.8) is 0 Å². The number of imide groups is 1. The van der Waals surface area contributed by atoms with Crippen LogP contribution in [0.5, 0.6) is 5.75 Å². The largest absolute Gasteiger partial charge is 0.497 e. The maximum Gasteiger partial charge on any atom is 0.293 e. The number of rotatable bonds is 3. The Bertz CT molecular complexity index is 779. The molecule has 0 N–H and O–H groups in total. The molecule has 1 fully saturated rings. The van der Waals surface area contributed by atoms with Gasteiger partial charge in [0.15, 0.2) is 0 Å². The van der Waals surface area contributed by atoms with Crippen LogP contribution in [0.4, 0.5) is 4.79 Å². The second-order valence-electron chi connectivity index (χ2n) is 5.09. The average Bonchev–Trinajstić information content (AvgIpc) is 2.83. The average molecular weight is 325 g/mol. The maximum absolute atomic E-state index is 11.9. The second-order valence-corrected chi connectivity index (χ2v) is 6.08. The van der Waals surface area contributed by atoms with Crippen LogP contribution in [0.2, 0.25) is 0 Å². The number of thioether (sulfide) groups is 1. The van der Waals surface area contributed by atoms with Gasteiger partial charge >= 0.3 is 0 Å². The minimum Gasteiger partial charge on any atom is -0.497 e. The molecule has 1 saturated heterocycles. The van der Waals surface area contributed by atoms with Crippen LogP contribution in [0.3, 0.4) is 0 Å². The van der Waals surface area contributed by atoms with E-state index in [4.69, 9.17) is 4.74 Å². The summed E-state index contributed by atoms with van der Waals surface area (Å²) in [7, 11) is 3.13. The summed E-state index contributed by atoms with van der Waals surface area (Å²) in [4.78, 5) is 24.9. The van der Waals surface area contributed by atoms with Gasteiger partial charge in [-0.15, -0.1) is 0 Å². The Labute approximate surface area is 138 Å². The van der Waals surface area contributed by atoms with Gasteiger partial charge in [0.2, 0.25) is 0 Å². The second kappa shape index (κ2) is 6.30. The lowest BCUT2D eigenvalue weighted by atomic mass is 10.0. The van der Waals surface area contributed by atoms with E-state index in [9.17, 15) is 9.59 Å². The first kappa shape index (κ1) is 15.4. The summed E-state index contributed by atoms with van der Waals surface area (Å²) >= 11 is 0.966. The van der Waals surface area contributed by atoms with E-state index in [1.165, 1.54) is 7.05 Å². The summed E-state index contributed by atoms with van der Waals surface area (Å²) < 4.78 is 5.15. The van der Waals surface area contributed by atoms with Gasteiger partial charge in [-0.3, -0.25) is 14.5 Å². The number of carbonyl (C=O) groups is 2. The van der Waals surface area contributed by atoms with Crippen molar-refractivity contribution in [1.29, 1.82) is 0 Å². The zero-order chi connectivity index (χ0) is 16.4. The van der Waals surface area contributed by atoms with Crippen molar-refractivity contribution in [1.82, 2.24) is 4.90 Å². The number of ether oxygens (including phenoxy) is 1. The molecule has 1 aliphatic rings. The molecule has 0 atom stereocenters. The molecule has 0 spiro atoms. The third kappa shape index (κ3) is 3.14. The highest BCUT2D eigenvalue weighted by molar-refractivity contribution is 8.18. The Kier molecular flexibility index (Phi) is 4.21. The van der Waals surface area contributed by atoms with Crippen molar-refractivity contribution < 1.29 is 14.3 Å². The molecule has 4 nitrogen and oxygen atoms in total. The summed E-state index contributed by atoms with van der Waals surface area (Å²) in [6.45, 7) is 0. The predicted molar refractivity (Wildman–Crippen MR) is 92.2 cm³/mol. The van der Waals surface area contributed by atoms with Crippen LogP contribution in [0.15, 0.2) is 53.4 Å². The lowest BCUT2D eigenvalue weighted by molar-refractivity contribution is -0.121. The molecular formula is C18H15NO3S. The Balaban J connectivity index is 1.82. The first-order valence-corrected chi connectivity index (χ1v) is 7.86. The number of hydrogen-bond acceptors (Lipinski definition) is 4. The van der Waals surface area contributed by atoms with Crippen LogP contribution in [0.1, 0.15) is 5.56 Å². The number of carbonyl (C=O) groups excluding carboxylic acids is 2. The topological polar surface area (TPSA) is 46.6 Å². The van der Waals surface area contributed by atoms with Crippen LogP contribution >= 0.6 is 11.8 Å². The molecule has 2 amide bonds. The van der Waals surface area contributed by atoms with Gasteiger partial charge < -0.3 is 4.74 Å². The Hall–Kier alpha value is -2.53. The van der Waals surface area contributed by atoms with Crippen LogP contribution in [-0.2, 0) is 4.79 Å². The van der Waals surface area contributed by atoms with Crippen LogP contribution in [0, 0.1) is 0 Å². The standard InChI is InChI=1S/C18H15NO3S/c1-19-17(20)16(23-18(19)21)11-12-3-5-13(6-4-12)14-7-9-15(22-2)10-8-14/h3-11H,1-2H3. The normalized spacial score (nSPS) is 16.3. The van der Waals surface area contributed by atoms with Gasteiger partial charge in [-0.2, -0.15) is 0 Å². The van der Waals surface area contributed by atoms with Gasteiger partial charge in [-0.1, -0.05) is 36.4 Å². The number of hydrogen-bond donors (Lipinski definition) is 0. The third-order valence-electron chi connectivity index (χ3n) is 3.62. The number of likely N-dealkylation sites (N-methyl/N-ethyl adjacent to an activating group) is 1. The molecular weight excluding hydrogens is 310 g/mol. The first-order valence-electron chi connectivity index (χ1n) is 7.04. The minimum absolute atomic E-state index is 0.240. The van der Waals surface area contributed by atoms with E-state index < -0.39 is 0 Å². The minimum atomic E-state index is -0.251. The third-order valence-corrected chi connectivity index (χ3v) is 4.58. The molecule has 0 aromatic heterocycles. The molecule has 1 aliphatic heterocycles. The first-order chi connectivity index (χ1) is 11.1. The van der Waals surface area contributed by atoms with Gasteiger partial charge in [0.25, 0.3) is 11.1 Å². The van der Waals surface area contributed by atoms with Gasteiger partial charge in [-0.25, -0.2) is 0 Å². The molecule has 0 aliphatic carbocycles. The van der Waals surface area contributed by atoms with Crippen molar-refractivity contribution >= 4 is 29.0 Å². The number of nitrogens with zero attached hydrogens (tertiary/aromatic N) is 1.